The minimum Gasteiger partial charge on any atom is -0.445 e. The van der Waals surface area contributed by atoms with Crippen LogP contribution in [-0.4, -0.2) is 6.09 Å². The van der Waals surface area contributed by atoms with Gasteiger partial charge in [-0.15, -0.1) is 0 Å². The van der Waals surface area contributed by atoms with Crippen LogP contribution in [0.3, 0.4) is 0 Å². The summed E-state index contributed by atoms with van der Waals surface area (Å²) in [5, 5.41) is 3.04. The molecule has 33 heavy (non-hydrogen) atoms. The first kappa shape index (κ1) is 22.7. The van der Waals surface area contributed by atoms with E-state index in [1.807, 2.05) is 24.3 Å². The van der Waals surface area contributed by atoms with Crippen LogP contribution >= 0.6 is 0 Å². The van der Waals surface area contributed by atoms with Crippen LogP contribution in [0.4, 0.5) is 29.4 Å². The van der Waals surface area contributed by atoms with Gasteiger partial charge in [0, 0.05) is 5.56 Å². The van der Waals surface area contributed by atoms with E-state index in [0.717, 1.165) is 37.0 Å². The van der Waals surface area contributed by atoms with Crippen LogP contribution in [0, 0.1) is 11.6 Å². The molecule has 1 unspecified atom stereocenters. The molecule has 0 radical (unpaired) electrons. The lowest BCUT2D eigenvalue weighted by Gasteiger charge is -2.26. The molecular formula is C26H25F3N2O2. The third-order valence-corrected chi connectivity index (χ3v) is 5.89. The van der Waals surface area contributed by atoms with Crippen LogP contribution in [0.15, 0.2) is 60.7 Å². The second-order valence-corrected chi connectivity index (χ2v) is 8.02. The summed E-state index contributed by atoms with van der Waals surface area (Å²) in [6.07, 6.45) is 2.30. The number of benzene rings is 3. The van der Waals surface area contributed by atoms with E-state index in [1.165, 1.54) is 29.8 Å². The van der Waals surface area contributed by atoms with Crippen LogP contribution in [0.2, 0.25) is 0 Å². The number of fused-ring (bicyclic) bond motifs is 1. The maximum Gasteiger partial charge on any atom is 0.407 e. The number of carbonyl (C=O) groups excluding carboxylic acids is 1. The molecule has 1 N–H and O–H groups in total. The Labute approximate surface area is 190 Å². The average Bonchev–Trinajstić information content (AvgIpc) is 2.82. The highest BCUT2D eigenvalue weighted by Crippen LogP contribution is 2.36. The van der Waals surface area contributed by atoms with E-state index in [1.54, 1.807) is 6.92 Å². The first-order valence-corrected chi connectivity index (χ1v) is 11.0. The summed E-state index contributed by atoms with van der Waals surface area (Å²) in [6.45, 7) is 1.38. The molecule has 3 aromatic carbocycles. The molecule has 0 spiro atoms. The molecule has 4 rings (SSSR count). The van der Waals surface area contributed by atoms with Gasteiger partial charge in [-0.2, -0.15) is 5.12 Å². The second kappa shape index (κ2) is 9.98. The number of alkyl carbamates (subject to hydrolysis) is 1. The monoisotopic (exact) mass is 454 g/mol. The first-order chi connectivity index (χ1) is 16.0. The van der Waals surface area contributed by atoms with E-state index < -0.39 is 17.7 Å². The molecule has 1 aliphatic carbocycles. The van der Waals surface area contributed by atoms with Gasteiger partial charge in [0.25, 0.3) is 0 Å². The Balaban J connectivity index is 1.54. The Morgan fingerprint density at radius 1 is 1.09 bits per heavy atom. The molecular weight excluding hydrogens is 429 g/mol. The van der Waals surface area contributed by atoms with Gasteiger partial charge in [0.05, 0.1) is 11.7 Å². The number of hydrogen-bond donors (Lipinski definition) is 1. The lowest BCUT2D eigenvalue weighted by atomic mass is 9.88. The number of nitrogens with zero attached hydrogens (tertiary/aromatic N) is 1. The summed E-state index contributed by atoms with van der Waals surface area (Å²) in [4.78, 5) is 12.5. The molecule has 7 heteroatoms. The standard InChI is InChI=1S/C26H25F3N2O2/c1-2-17-14-20(27)15-19(25(17)31(29)24-13-6-5-11-22(24)28)16-33-26(32)30-23-12-7-9-18-8-3-4-10-21(18)23/h3-6,8,10-11,13-15,23H,2,7,9,12,16H2,1H3,(H,30,32). The van der Waals surface area contributed by atoms with E-state index in [0.29, 0.717) is 12.0 Å². The fourth-order valence-corrected chi connectivity index (χ4v) is 4.31. The summed E-state index contributed by atoms with van der Waals surface area (Å²) in [5.74, 6) is -1.34. The SMILES string of the molecule is CCc1cc(F)cc(COC(=O)NC2CCCc3ccccc32)c1N(F)c1ccccc1F. The van der Waals surface area contributed by atoms with Crippen LogP contribution in [0.25, 0.3) is 0 Å². The Hall–Kier alpha value is -3.48. The van der Waals surface area contributed by atoms with Gasteiger partial charge < -0.3 is 10.1 Å². The number of halogens is 3. The second-order valence-electron chi connectivity index (χ2n) is 8.02. The van der Waals surface area contributed by atoms with E-state index >= 15 is 4.48 Å². The van der Waals surface area contributed by atoms with Crippen molar-refractivity contribution >= 4 is 17.5 Å². The Morgan fingerprint density at radius 3 is 2.61 bits per heavy atom. The van der Waals surface area contributed by atoms with E-state index in [-0.39, 0.29) is 34.7 Å². The Kier molecular flexibility index (Phi) is 6.87. The number of aryl methyl sites for hydroxylation is 2. The van der Waals surface area contributed by atoms with Crippen molar-refractivity contribution in [2.24, 2.45) is 0 Å². The van der Waals surface area contributed by atoms with Crippen molar-refractivity contribution in [2.45, 2.75) is 45.3 Å². The molecule has 4 nitrogen and oxygen atoms in total. The van der Waals surface area contributed by atoms with Gasteiger partial charge in [-0.1, -0.05) is 47.8 Å². The van der Waals surface area contributed by atoms with E-state index in [2.05, 4.69) is 5.32 Å². The Bertz CT molecular complexity index is 1150. The number of amides is 1. The molecule has 1 atom stereocenters. The van der Waals surface area contributed by atoms with Crippen molar-refractivity contribution in [3.05, 3.63) is 94.6 Å². The van der Waals surface area contributed by atoms with E-state index in [4.69, 9.17) is 4.74 Å². The minimum absolute atomic E-state index is 0.0280. The van der Waals surface area contributed by atoms with Gasteiger partial charge in [-0.3, -0.25) is 0 Å². The molecule has 0 saturated carbocycles. The minimum atomic E-state index is -0.757. The average molecular weight is 454 g/mol. The molecule has 1 aliphatic rings. The summed E-state index contributed by atoms with van der Waals surface area (Å²) < 4.78 is 49.1. The zero-order valence-electron chi connectivity index (χ0n) is 18.3. The molecule has 0 heterocycles. The zero-order valence-corrected chi connectivity index (χ0v) is 18.3. The molecule has 0 aromatic heterocycles. The van der Waals surface area contributed by atoms with Crippen molar-refractivity contribution in [3.63, 3.8) is 0 Å². The number of rotatable bonds is 6. The lowest BCUT2D eigenvalue weighted by Crippen LogP contribution is -2.31. The number of nitrogens with one attached hydrogen (secondary N) is 1. The highest BCUT2D eigenvalue weighted by Gasteiger charge is 2.24. The van der Waals surface area contributed by atoms with Crippen molar-refractivity contribution in [1.82, 2.24) is 5.32 Å². The number of hydrogen-bond acceptors (Lipinski definition) is 3. The van der Waals surface area contributed by atoms with Crippen LogP contribution < -0.4 is 10.4 Å². The van der Waals surface area contributed by atoms with Crippen molar-refractivity contribution < 1.29 is 22.8 Å². The normalized spacial score (nSPS) is 15.0. The number of carbonyl (C=O) groups is 1. The van der Waals surface area contributed by atoms with Gasteiger partial charge in [-0.05, 0) is 66.6 Å². The molecule has 172 valence electrons. The van der Waals surface area contributed by atoms with Gasteiger partial charge in [0.1, 0.15) is 23.9 Å². The summed E-state index contributed by atoms with van der Waals surface area (Å²) in [7, 11) is 0. The van der Waals surface area contributed by atoms with Crippen LogP contribution in [-0.2, 0) is 24.2 Å². The summed E-state index contributed by atoms with van der Waals surface area (Å²) >= 11 is 0. The molecule has 0 aliphatic heterocycles. The van der Waals surface area contributed by atoms with Gasteiger partial charge in [-0.25, -0.2) is 13.6 Å². The number of para-hydroxylation sites is 1. The van der Waals surface area contributed by atoms with Gasteiger partial charge in [0.15, 0.2) is 0 Å². The van der Waals surface area contributed by atoms with Gasteiger partial charge >= 0.3 is 6.09 Å². The molecule has 1 amide bonds. The molecule has 0 saturated heterocycles. The fourth-order valence-electron chi connectivity index (χ4n) is 4.31. The quantitative estimate of drug-likeness (QED) is 0.414. The highest BCUT2D eigenvalue weighted by atomic mass is 19.2. The zero-order chi connectivity index (χ0) is 23.4. The van der Waals surface area contributed by atoms with Crippen molar-refractivity contribution in [2.75, 3.05) is 5.12 Å². The van der Waals surface area contributed by atoms with Crippen molar-refractivity contribution in [1.29, 1.82) is 0 Å². The predicted molar refractivity (Wildman–Crippen MR) is 121 cm³/mol. The third kappa shape index (κ3) is 4.97. The highest BCUT2D eigenvalue weighted by molar-refractivity contribution is 5.70. The Morgan fingerprint density at radius 2 is 1.82 bits per heavy atom. The fraction of sp³-hybridized carbons (Fsp3) is 0.269. The molecule has 3 aromatic rings. The summed E-state index contributed by atoms with van der Waals surface area (Å²) in [5.41, 5.74) is 2.35. The molecule has 0 bridgehead atoms. The lowest BCUT2D eigenvalue weighted by molar-refractivity contribution is 0.134. The number of anilines is 2. The summed E-state index contributed by atoms with van der Waals surface area (Å²) in [6, 6.07) is 15.4. The maximum absolute atomic E-state index is 15.3. The number of ether oxygens (including phenoxy) is 1. The maximum atomic E-state index is 15.3. The van der Waals surface area contributed by atoms with Crippen LogP contribution in [0.5, 0.6) is 0 Å². The smallest absolute Gasteiger partial charge is 0.407 e. The van der Waals surface area contributed by atoms with Crippen LogP contribution in [0.1, 0.15) is 48.1 Å². The first-order valence-electron chi connectivity index (χ1n) is 11.0. The largest absolute Gasteiger partial charge is 0.445 e. The third-order valence-electron chi connectivity index (χ3n) is 5.89. The van der Waals surface area contributed by atoms with E-state index in [9.17, 15) is 13.6 Å². The topological polar surface area (TPSA) is 41.6 Å². The van der Waals surface area contributed by atoms with Gasteiger partial charge in [0.2, 0.25) is 0 Å². The molecule has 0 fully saturated rings. The van der Waals surface area contributed by atoms with Crippen molar-refractivity contribution in [3.8, 4) is 0 Å². The predicted octanol–water partition coefficient (Wildman–Crippen LogP) is 6.85.